The van der Waals surface area contributed by atoms with Gasteiger partial charge >= 0.3 is 0 Å². The number of aromatic nitrogens is 3. The molecule has 1 saturated heterocycles. The molecule has 0 radical (unpaired) electrons. The number of pyridine rings is 1. The number of hydrogen-bond acceptors (Lipinski definition) is 3. The smallest absolute Gasteiger partial charge is 0.160 e. The number of nitrogens with zero attached hydrogens (tertiary/aromatic N) is 3. The summed E-state index contributed by atoms with van der Waals surface area (Å²) in [5.41, 5.74) is 2.02. The molecule has 0 N–H and O–H groups in total. The lowest BCUT2D eigenvalue weighted by Crippen LogP contribution is -2.22. The summed E-state index contributed by atoms with van der Waals surface area (Å²) in [6.45, 7) is 9.31. The van der Waals surface area contributed by atoms with Gasteiger partial charge in [-0.1, -0.05) is 20.8 Å². The highest BCUT2D eigenvalue weighted by Crippen LogP contribution is 2.27. The Balaban J connectivity index is 2.07. The van der Waals surface area contributed by atoms with Crippen molar-refractivity contribution in [3.8, 4) is 0 Å². The van der Waals surface area contributed by atoms with Crippen molar-refractivity contribution in [2.75, 3.05) is 13.2 Å². The predicted octanol–water partition coefficient (Wildman–Crippen LogP) is 2.77. The van der Waals surface area contributed by atoms with Gasteiger partial charge in [0.2, 0.25) is 0 Å². The van der Waals surface area contributed by atoms with Crippen LogP contribution in [-0.2, 0) is 16.7 Å². The van der Waals surface area contributed by atoms with E-state index in [0.717, 1.165) is 43.2 Å². The highest BCUT2D eigenvalue weighted by Gasteiger charge is 2.26. The summed E-state index contributed by atoms with van der Waals surface area (Å²) in [6, 6.07) is 3.99. The van der Waals surface area contributed by atoms with E-state index in [4.69, 9.17) is 9.72 Å². The molecule has 3 rings (SSSR count). The van der Waals surface area contributed by atoms with Gasteiger partial charge in [-0.2, -0.15) is 0 Å². The molecular formula is C15H21N3O. The van der Waals surface area contributed by atoms with E-state index in [2.05, 4.69) is 30.3 Å². The lowest BCUT2D eigenvalue weighted by Gasteiger charge is -2.21. The largest absolute Gasteiger partial charge is 0.381 e. The third-order valence-corrected chi connectivity index (χ3v) is 3.64. The van der Waals surface area contributed by atoms with E-state index < -0.39 is 0 Å². The molecule has 0 aliphatic carbocycles. The summed E-state index contributed by atoms with van der Waals surface area (Å²) in [6.07, 6.45) is 2.98. The van der Waals surface area contributed by atoms with Gasteiger partial charge in [-0.3, -0.25) is 0 Å². The second kappa shape index (κ2) is 4.60. The maximum Gasteiger partial charge on any atom is 0.160 e. The van der Waals surface area contributed by atoms with Gasteiger partial charge in [0, 0.05) is 30.7 Å². The number of ether oxygens (including phenoxy) is 1. The molecule has 0 aromatic carbocycles. The Kier molecular flexibility index (Phi) is 3.05. The van der Waals surface area contributed by atoms with Gasteiger partial charge in [0.1, 0.15) is 11.3 Å². The minimum Gasteiger partial charge on any atom is -0.381 e. The molecule has 4 heteroatoms. The Bertz CT molecular complexity index is 577. The second-order valence-corrected chi connectivity index (χ2v) is 6.37. The average Bonchev–Trinajstić information content (AvgIpc) is 2.97. The summed E-state index contributed by atoms with van der Waals surface area (Å²) < 4.78 is 7.78. The normalized spacial score (nSPS) is 20.3. The van der Waals surface area contributed by atoms with Crippen LogP contribution in [0.2, 0.25) is 0 Å². The van der Waals surface area contributed by atoms with Gasteiger partial charge in [-0.25, -0.2) is 9.97 Å². The minimum absolute atomic E-state index is 0.0279. The molecule has 0 amide bonds. The molecule has 0 bridgehead atoms. The van der Waals surface area contributed by atoms with Crippen molar-refractivity contribution in [2.45, 2.75) is 39.2 Å². The van der Waals surface area contributed by atoms with E-state index in [9.17, 15) is 0 Å². The van der Waals surface area contributed by atoms with Crippen molar-refractivity contribution in [1.82, 2.24) is 14.5 Å². The van der Waals surface area contributed by atoms with Gasteiger partial charge < -0.3 is 9.30 Å². The van der Waals surface area contributed by atoms with Gasteiger partial charge in [-0.15, -0.1) is 0 Å². The zero-order valence-electron chi connectivity index (χ0n) is 11.9. The molecule has 4 nitrogen and oxygen atoms in total. The fourth-order valence-electron chi connectivity index (χ4n) is 2.69. The molecule has 1 atom stereocenters. The van der Waals surface area contributed by atoms with Crippen LogP contribution in [0.3, 0.4) is 0 Å². The van der Waals surface area contributed by atoms with Crippen molar-refractivity contribution < 1.29 is 4.74 Å². The van der Waals surface area contributed by atoms with Crippen LogP contribution in [0, 0.1) is 5.92 Å². The number of rotatable bonds is 2. The first kappa shape index (κ1) is 12.6. The van der Waals surface area contributed by atoms with Crippen LogP contribution in [-0.4, -0.2) is 27.7 Å². The molecule has 0 saturated carbocycles. The summed E-state index contributed by atoms with van der Waals surface area (Å²) in [4.78, 5) is 9.30. The third-order valence-electron chi connectivity index (χ3n) is 3.64. The molecule has 1 aliphatic heterocycles. The first-order chi connectivity index (χ1) is 9.05. The quantitative estimate of drug-likeness (QED) is 0.832. The molecule has 1 unspecified atom stereocenters. The van der Waals surface area contributed by atoms with Crippen LogP contribution in [0.5, 0.6) is 0 Å². The van der Waals surface area contributed by atoms with Crippen LogP contribution in [0.4, 0.5) is 0 Å². The summed E-state index contributed by atoms with van der Waals surface area (Å²) in [7, 11) is 0. The molecule has 3 heterocycles. The molecule has 2 aromatic rings. The Hall–Kier alpha value is -1.42. The van der Waals surface area contributed by atoms with Crippen LogP contribution in [0.15, 0.2) is 18.3 Å². The summed E-state index contributed by atoms with van der Waals surface area (Å²) >= 11 is 0. The summed E-state index contributed by atoms with van der Waals surface area (Å²) in [5.74, 6) is 1.70. The van der Waals surface area contributed by atoms with Gasteiger partial charge in [0.05, 0.1) is 6.61 Å². The third kappa shape index (κ3) is 2.37. The van der Waals surface area contributed by atoms with Crippen molar-refractivity contribution in [3.63, 3.8) is 0 Å². The average molecular weight is 259 g/mol. The first-order valence-corrected chi connectivity index (χ1v) is 6.95. The van der Waals surface area contributed by atoms with Gasteiger partial charge in [-0.05, 0) is 18.6 Å². The molecule has 2 aromatic heterocycles. The Morgan fingerprint density at radius 2 is 2.26 bits per heavy atom. The van der Waals surface area contributed by atoms with E-state index in [1.807, 2.05) is 18.3 Å². The molecule has 1 fully saturated rings. The molecule has 1 aliphatic rings. The van der Waals surface area contributed by atoms with Crippen molar-refractivity contribution in [1.29, 1.82) is 0 Å². The van der Waals surface area contributed by atoms with E-state index in [1.54, 1.807) is 0 Å². The fraction of sp³-hybridized carbons (Fsp3) is 0.600. The highest BCUT2D eigenvalue weighted by molar-refractivity contribution is 5.71. The van der Waals surface area contributed by atoms with Crippen LogP contribution in [0.25, 0.3) is 11.2 Å². The van der Waals surface area contributed by atoms with Crippen molar-refractivity contribution >= 4 is 11.2 Å². The van der Waals surface area contributed by atoms with E-state index in [0.29, 0.717) is 5.92 Å². The van der Waals surface area contributed by atoms with Crippen LogP contribution >= 0.6 is 0 Å². The fourth-order valence-corrected chi connectivity index (χ4v) is 2.69. The number of hydrogen-bond donors (Lipinski definition) is 0. The summed E-state index contributed by atoms with van der Waals surface area (Å²) in [5, 5.41) is 0. The highest BCUT2D eigenvalue weighted by atomic mass is 16.5. The number of imidazole rings is 1. The van der Waals surface area contributed by atoms with E-state index >= 15 is 0 Å². The van der Waals surface area contributed by atoms with E-state index in [-0.39, 0.29) is 5.41 Å². The van der Waals surface area contributed by atoms with Crippen LogP contribution in [0.1, 0.15) is 33.0 Å². The lowest BCUT2D eigenvalue weighted by atomic mass is 9.95. The molecule has 19 heavy (non-hydrogen) atoms. The zero-order chi connectivity index (χ0) is 13.5. The van der Waals surface area contributed by atoms with Crippen LogP contribution < -0.4 is 0 Å². The SMILES string of the molecule is CC(C)(C)c1nc2cccnc2n1CC1CCOC1. The first-order valence-electron chi connectivity index (χ1n) is 6.95. The Labute approximate surface area is 113 Å². The maximum absolute atomic E-state index is 5.49. The topological polar surface area (TPSA) is 39.9 Å². The van der Waals surface area contributed by atoms with Crippen molar-refractivity contribution in [3.05, 3.63) is 24.2 Å². The zero-order valence-corrected chi connectivity index (χ0v) is 11.9. The van der Waals surface area contributed by atoms with Gasteiger partial charge in [0.25, 0.3) is 0 Å². The molecule has 0 spiro atoms. The standard InChI is InChI=1S/C15H21N3O/c1-15(2,3)14-17-12-5-4-7-16-13(12)18(14)9-11-6-8-19-10-11/h4-5,7,11H,6,8-10H2,1-3H3. The van der Waals surface area contributed by atoms with Crippen molar-refractivity contribution in [2.24, 2.45) is 5.92 Å². The minimum atomic E-state index is 0.0279. The monoisotopic (exact) mass is 259 g/mol. The van der Waals surface area contributed by atoms with E-state index in [1.165, 1.54) is 0 Å². The predicted molar refractivity (Wildman–Crippen MR) is 75.2 cm³/mol. The number of fused-ring (bicyclic) bond motifs is 1. The maximum atomic E-state index is 5.49. The lowest BCUT2D eigenvalue weighted by molar-refractivity contribution is 0.182. The Morgan fingerprint density at radius 1 is 1.42 bits per heavy atom. The second-order valence-electron chi connectivity index (χ2n) is 6.37. The molecule has 102 valence electrons. The Morgan fingerprint density at radius 3 is 2.95 bits per heavy atom. The molecular weight excluding hydrogens is 238 g/mol. The van der Waals surface area contributed by atoms with Gasteiger partial charge in [0.15, 0.2) is 5.65 Å².